The molecule has 0 saturated heterocycles. The van der Waals surface area contributed by atoms with E-state index in [2.05, 4.69) is 15.9 Å². The third-order valence-electron chi connectivity index (χ3n) is 4.03. The molecule has 0 aliphatic heterocycles. The average molecular weight is 313 g/mol. The maximum atomic E-state index is 11.7. The minimum atomic E-state index is -0.914. The van der Waals surface area contributed by atoms with Crippen LogP contribution in [-0.2, 0) is 10.2 Å². The van der Waals surface area contributed by atoms with Crippen LogP contribution in [0.5, 0.6) is 5.75 Å². The minimum Gasteiger partial charge on any atom is -0.507 e. The molecule has 1 aliphatic carbocycles. The quantitative estimate of drug-likeness (QED) is 0.876. The molecule has 0 heterocycles. The summed E-state index contributed by atoms with van der Waals surface area (Å²) in [7, 11) is 0. The van der Waals surface area contributed by atoms with Gasteiger partial charge in [0.25, 0.3) is 0 Å². The Morgan fingerprint density at radius 3 is 2.39 bits per heavy atom. The lowest BCUT2D eigenvalue weighted by Crippen LogP contribution is -2.33. The summed E-state index contributed by atoms with van der Waals surface area (Å²) in [5, 5.41) is 19.9. The number of aromatic hydroxyl groups is 1. The molecular formula is C14H17BrO3. The van der Waals surface area contributed by atoms with Crippen LogP contribution in [-0.4, -0.2) is 16.2 Å². The van der Waals surface area contributed by atoms with Crippen LogP contribution >= 0.6 is 15.9 Å². The van der Waals surface area contributed by atoms with Gasteiger partial charge in [-0.2, -0.15) is 0 Å². The fourth-order valence-corrected chi connectivity index (χ4v) is 3.54. The summed E-state index contributed by atoms with van der Waals surface area (Å²) < 4.78 is 0.861. The van der Waals surface area contributed by atoms with Gasteiger partial charge in [-0.25, -0.2) is 0 Å². The smallest absolute Gasteiger partial charge is 0.314 e. The van der Waals surface area contributed by atoms with Crippen LogP contribution in [0.1, 0.15) is 42.4 Å². The molecule has 1 aromatic rings. The zero-order chi connectivity index (χ0) is 13.5. The van der Waals surface area contributed by atoms with Gasteiger partial charge in [-0.1, -0.05) is 28.8 Å². The fourth-order valence-electron chi connectivity index (χ4n) is 3.00. The Hall–Kier alpha value is -1.03. The highest BCUT2D eigenvalue weighted by atomic mass is 79.9. The first-order valence-electron chi connectivity index (χ1n) is 6.12. The van der Waals surface area contributed by atoms with Crippen molar-refractivity contribution < 1.29 is 15.0 Å². The second-order valence-corrected chi connectivity index (χ2v) is 5.97. The van der Waals surface area contributed by atoms with Crippen molar-refractivity contribution in [1.82, 2.24) is 0 Å². The van der Waals surface area contributed by atoms with Crippen molar-refractivity contribution in [2.24, 2.45) is 0 Å². The fraction of sp³-hybridized carbons (Fsp3) is 0.500. The van der Waals surface area contributed by atoms with Crippen LogP contribution in [0.2, 0.25) is 0 Å². The predicted octanol–water partition coefficient (Wildman–Crippen LogP) is 3.67. The van der Waals surface area contributed by atoms with Gasteiger partial charge in [0.2, 0.25) is 0 Å². The van der Waals surface area contributed by atoms with Gasteiger partial charge in [0, 0.05) is 10.0 Å². The Balaban J connectivity index is 2.73. The number of aliphatic carboxylic acids is 1. The first-order chi connectivity index (χ1) is 8.40. The Morgan fingerprint density at radius 2 is 1.89 bits per heavy atom. The zero-order valence-corrected chi connectivity index (χ0v) is 12.2. The van der Waals surface area contributed by atoms with Crippen LogP contribution < -0.4 is 0 Å². The van der Waals surface area contributed by atoms with Crippen molar-refractivity contribution in [3.63, 3.8) is 0 Å². The maximum Gasteiger partial charge on any atom is 0.314 e. The van der Waals surface area contributed by atoms with Crippen LogP contribution in [0.15, 0.2) is 10.5 Å². The number of phenols is 1. The van der Waals surface area contributed by atoms with Gasteiger partial charge >= 0.3 is 5.97 Å². The number of carbonyl (C=O) groups is 1. The Labute approximate surface area is 115 Å². The van der Waals surface area contributed by atoms with E-state index in [1.807, 2.05) is 13.0 Å². The molecule has 18 heavy (non-hydrogen) atoms. The first kappa shape index (κ1) is 13.4. The van der Waals surface area contributed by atoms with Gasteiger partial charge in [0.1, 0.15) is 5.75 Å². The third kappa shape index (κ3) is 1.83. The summed E-state index contributed by atoms with van der Waals surface area (Å²) in [4.78, 5) is 11.7. The molecule has 4 heteroatoms. The number of carboxylic acids is 1. The van der Waals surface area contributed by atoms with Gasteiger partial charge in [-0.05, 0) is 43.9 Å². The Bertz CT molecular complexity index is 476. The second kappa shape index (κ2) is 4.57. The molecule has 0 radical (unpaired) electrons. The van der Waals surface area contributed by atoms with E-state index in [9.17, 15) is 15.0 Å². The monoisotopic (exact) mass is 312 g/mol. The topological polar surface area (TPSA) is 57.5 Å². The molecule has 0 amide bonds. The molecule has 2 rings (SSSR count). The van der Waals surface area contributed by atoms with Crippen LogP contribution in [0.25, 0.3) is 0 Å². The lowest BCUT2D eigenvalue weighted by atomic mass is 9.75. The molecule has 1 aliphatic rings. The summed E-state index contributed by atoms with van der Waals surface area (Å²) in [6.07, 6.45) is 3.01. The van der Waals surface area contributed by atoms with E-state index in [4.69, 9.17) is 0 Å². The van der Waals surface area contributed by atoms with Crippen molar-refractivity contribution >= 4 is 21.9 Å². The zero-order valence-electron chi connectivity index (χ0n) is 10.6. The molecule has 0 aromatic heterocycles. The van der Waals surface area contributed by atoms with Crippen LogP contribution in [0.3, 0.4) is 0 Å². The van der Waals surface area contributed by atoms with E-state index in [-0.39, 0.29) is 5.75 Å². The normalized spacial score (nSPS) is 17.9. The van der Waals surface area contributed by atoms with E-state index >= 15 is 0 Å². The van der Waals surface area contributed by atoms with Gasteiger partial charge in [0.05, 0.1) is 5.41 Å². The van der Waals surface area contributed by atoms with Crippen LogP contribution in [0, 0.1) is 13.8 Å². The second-order valence-electron chi connectivity index (χ2n) is 5.12. The van der Waals surface area contributed by atoms with Gasteiger partial charge in [-0.15, -0.1) is 0 Å². The van der Waals surface area contributed by atoms with Crippen molar-refractivity contribution in [2.45, 2.75) is 44.9 Å². The SMILES string of the molecule is Cc1cc(Br)c(C)c(C2(C(=O)O)CCCC2)c1O. The van der Waals surface area contributed by atoms with Gasteiger partial charge in [-0.3, -0.25) is 4.79 Å². The lowest BCUT2D eigenvalue weighted by molar-refractivity contribution is -0.143. The van der Waals surface area contributed by atoms with E-state index < -0.39 is 11.4 Å². The molecule has 1 fully saturated rings. The Kier molecular flexibility index (Phi) is 3.41. The number of carboxylic acid groups (broad SMARTS) is 1. The largest absolute Gasteiger partial charge is 0.507 e. The number of hydrogen-bond donors (Lipinski definition) is 2. The molecule has 0 bridgehead atoms. The molecule has 0 unspecified atom stereocenters. The summed E-state index contributed by atoms with van der Waals surface area (Å²) in [5.74, 6) is -0.684. The van der Waals surface area contributed by atoms with E-state index in [0.29, 0.717) is 18.4 Å². The minimum absolute atomic E-state index is 0.139. The number of hydrogen-bond acceptors (Lipinski definition) is 2. The lowest BCUT2D eigenvalue weighted by Gasteiger charge is -2.28. The number of rotatable bonds is 2. The highest BCUT2D eigenvalue weighted by Crippen LogP contribution is 2.48. The molecular weight excluding hydrogens is 296 g/mol. The summed E-state index contributed by atoms with van der Waals surface area (Å²) in [6, 6.07) is 1.83. The van der Waals surface area contributed by atoms with E-state index in [1.54, 1.807) is 6.92 Å². The molecule has 98 valence electrons. The van der Waals surface area contributed by atoms with E-state index in [0.717, 1.165) is 28.4 Å². The molecule has 3 nitrogen and oxygen atoms in total. The number of phenolic OH excluding ortho intramolecular Hbond substituents is 1. The number of halogens is 1. The predicted molar refractivity (Wildman–Crippen MR) is 73.1 cm³/mol. The first-order valence-corrected chi connectivity index (χ1v) is 6.92. The van der Waals surface area contributed by atoms with Gasteiger partial charge in [0.15, 0.2) is 0 Å². The van der Waals surface area contributed by atoms with Crippen molar-refractivity contribution in [3.05, 3.63) is 27.2 Å². The molecule has 2 N–H and O–H groups in total. The molecule has 0 spiro atoms. The molecule has 1 saturated carbocycles. The maximum absolute atomic E-state index is 11.7. The van der Waals surface area contributed by atoms with Crippen molar-refractivity contribution in [1.29, 1.82) is 0 Å². The summed E-state index contributed by atoms with van der Waals surface area (Å²) in [6.45, 7) is 3.66. The number of benzene rings is 1. The van der Waals surface area contributed by atoms with Crippen LogP contribution in [0.4, 0.5) is 0 Å². The molecule has 0 atom stereocenters. The summed E-state index contributed by atoms with van der Waals surface area (Å²) in [5.41, 5.74) is 1.24. The van der Waals surface area contributed by atoms with E-state index in [1.165, 1.54) is 0 Å². The Morgan fingerprint density at radius 1 is 1.33 bits per heavy atom. The highest BCUT2D eigenvalue weighted by Gasteiger charge is 2.46. The highest BCUT2D eigenvalue weighted by molar-refractivity contribution is 9.10. The van der Waals surface area contributed by atoms with Crippen molar-refractivity contribution in [3.8, 4) is 5.75 Å². The summed E-state index contributed by atoms with van der Waals surface area (Å²) >= 11 is 3.45. The van der Waals surface area contributed by atoms with Crippen molar-refractivity contribution in [2.75, 3.05) is 0 Å². The standard InChI is InChI=1S/C14H17BrO3/c1-8-7-10(15)9(2)11(12(8)16)14(13(17)18)5-3-4-6-14/h7,16H,3-6H2,1-2H3,(H,17,18). The average Bonchev–Trinajstić information content (AvgIpc) is 2.77. The number of aryl methyl sites for hydroxylation is 1. The van der Waals surface area contributed by atoms with Gasteiger partial charge < -0.3 is 10.2 Å². The molecule has 1 aromatic carbocycles. The third-order valence-corrected chi connectivity index (χ3v) is 4.86.